The van der Waals surface area contributed by atoms with Gasteiger partial charge in [-0.05, 0) is 73.1 Å². The van der Waals surface area contributed by atoms with Crippen molar-refractivity contribution in [3.05, 3.63) is 101 Å². The number of carbonyl (C=O) groups excluding carboxylic acids is 4. The normalized spacial score (nSPS) is 18.6. The first kappa shape index (κ1) is 35.2. The van der Waals surface area contributed by atoms with Crippen molar-refractivity contribution in [3.63, 3.8) is 0 Å². The molecule has 0 spiro atoms. The van der Waals surface area contributed by atoms with E-state index in [0.717, 1.165) is 40.7 Å². The van der Waals surface area contributed by atoms with Crippen LogP contribution in [-0.4, -0.2) is 52.9 Å². The fourth-order valence-corrected chi connectivity index (χ4v) is 6.50. The van der Waals surface area contributed by atoms with Gasteiger partial charge < -0.3 is 32.5 Å². The third kappa shape index (κ3) is 9.42. The fourth-order valence-electron chi connectivity index (χ4n) is 6.50. The highest BCUT2D eigenvalue weighted by atomic mass is 16.3. The standard InChI is InChI=1S/C37H47N5O5/c1-22-18-27(43)19-23(2)29(22)21-30(38)36(46)40-31-17-11-10-16-28(31)35(45)41-32(20-25-12-6-4-7-13-25)37(47)42-33(34(39)44)24(3)26-14-8-5-9-15-26/h4-9,12-15,18-19,24,28,30-33,43H,10-11,16-17,20-21,38H2,1-3H3,(H2,39,44)(H,40,46)(H,41,45)(H,42,47)/t24-,28+,30+,31-,32+,33-/m1/s1. The zero-order valence-corrected chi connectivity index (χ0v) is 27.4. The van der Waals surface area contributed by atoms with Crippen molar-refractivity contribution in [2.24, 2.45) is 17.4 Å². The summed E-state index contributed by atoms with van der Waals surface area (Å²) in [4.78, 5) is 53.5. The van der Waals surface area contributed by atoms with Crippen molar-refractivity contribution in [3.8, 4) is 5.75 Å². The number of nitrogens with two attached hydrogens (primary N) is 2. The van der Waals surface area contributed by atoms with Gasteiger partial charge in [0.25, 0.3) is 0 Å². The molecule has 3 aromatic carbocycles. The van der Waals surface area contributed by atoms with Crippen LogP contribution in [0.3, 0.4) is 0 Å². The summed E-state index contributed by atoms with van der Waals surface area (Å²) in [7, 11) is 0. The number of amides is 4. The topological polar surface area (TPSA) is 177 Å². The zero-order chi connectivity index (χ0) is 34.1. The molecule has 4 amide bonds. The average Bonchev–Trinajstić information content (AvgIpc) is 3.05. The second-order valence-corrected chi connectivity index (χ2v) is 12.7. The molecule has 3 aromatic rings. The molecule has 0 bridgehead atoms. The lowest BCUT2D eigenvalue weighted by atomic mass is 9.83. The fraction of sp³-hybridized carbons (Fsp3) is 0.405. The molecule has 6 atom stereocenters. The van der Waals surface area contributed by atoms with Gasteiger partial charge in [-0.2, -0.15) is 0 Å². The summed E-state index contributed by atoms with van der Waals surface area (Å²) < 4.78 is 0. The van der Waals surface area contributed by atoms with Crippen LogP contribution < -0.4 is 27.4 Å². The molecular formula is C37H47N5O5. The van der Waals surface area contributed by atoms with Gasteiger partial charge in [0, 0.05) is 18.4 Å². The number of aromatic hydroxyl groups is 1. The Kier molecular flexibility index (Phi) is 12.1. The number of hydrogen-bond donors (Lipinski definition) is 6. The molecule has 10 heteroatoms. The summed E-state index contributed by atoms with van der Waals surface area (Å²) in [5.74, 6) is -2.72. The van der Waals surface area contributed by atoms with Gasteiger partial charge in [0.15, 0.2) is 0 Å². The molecule has 0 radical (unpaired) electrons. The average molecular weight is 642 g/mol. The smallest absolute Gasteiger partial charge is 0.243 e. The Balaban J connectivity index is 1.48. The molecule has 0 unspecified atom stereocenters. The minimum atomic E-state index is -0.996. The Hall–Kier alpha value is -4.70. The molecule has 0 heterocycles. The Labute approximate surface area is 276 Å². The van der Waals surface area contributed by atoms with Gasteiger partial charge in [-0.3, -0.25) is 19.2 Å². The largest absolute Gasteiger partial charge is 0.508 e. The second kappa shape index (κ2) is 16.2. The van der Waals surface area contributed by atoms with Gasteiger partial charge in [0.2, 0.25) is 23.6 Å². The molecule has 1 fully saturated rings. The van der Waals surface area contributed by atoms with Gasteiger partial charge in [-0.15, -0.1) is 0 Å². The van der Waals surface area contributed by atoms with Crippen molar-refractivity contribution in [1.29, 1.82) is 0 Å². The van der Waals surface area contributed by atoms with Crippen LogP contribution in [0.4, 0.5) is 0 Å². The predicted octanol–water partition coefficient (Wildman–Crippen LogP) is 3.06. The van der Waals surface area contributed by atoms with Crippen LogP contribution in [0.2, 0.25) is 0 Å². The van der Waals surface area contributed by atoms with E-state index in [2.05, 4.69) is 16.0 Å². The van der Waals surface area contributed by atoms with E-state index in [1.54, 1.807) is 12.1 Å². The number of aryl methyl sites for hydroxylation is 2. The number of phenols is 1. The third-order valence-corrected chi connectivity index (χ3v) is 9.22. The summed E-state index contributed by atoms with van der Waals surface area (Å²) >= 11 is 0. The van der Waals surface area contributed by atoms with E-state index in [0.29, 0.717) is 12.8 Å². The number of benzene rings is 3. The van der Waals surface area contributed by atoms with E-state index in [1.807, 2.05) is 81.4 Å². The summed E-state index contributed by atoms with van der Waals surface area (Å²) in [6.45, 7) is 5.55. The van der Waals surface area contributed by atoms with Crippen LogP contribution in [-0.2, 0) is 32.0 Å². The summed E-state index contributed by atoms with van der Waals surface area (Å²) in [5.41, 5.74) is 16.4. The lowest BCUT2D eigenvalue weighted by Gasteiger charge is -2.33. The van der Waals surface area contributed by atoms with Crippen LogP contribution >= 0.6 is 0 Å². The van der Waals surface area contributed by atoms with Crippen molar-refractivity contribution in [1.82, 2.24) is 16.0 Å². The molecule has 1 aliphatic rings. The van der Waals surface area contributed by atoms with Crippen LogP contribution in [0.5, 0.6) is 5.75 Å². The molecule has 10 nitrogen and oxygen atoms in total. The lowest BCUT2D eigenvalue weighted by Crippen LogP contribution is -2.58. The maximum Gasteiger partial charge on any atom is 0.243 e. The summed E-state index contributed by atoms with van der Waals surface area (Å²) in [5, 5.41) is 18.6. The number of primary amides is 1. The van der Waals surface area contributed by atoms with E-state index in [4.69, 9.17) is 11.5 Å². The lowest BCUT2D eigenvalue weighted by molar-refractivity contribution is -0.134. The zero-order valence-electron chi connectivity index (χ0n) is 27.4. The van der Waals surface area contributed by atoms with Gasteiger partial charge in [-0.1, -0.05) is 80.4 Å². The molecule has 0 aromatic heterocycles. The highest BCUT2D eigenvalue weighted by Gasteiger charge is 2.36. The molecule has 250 valence electrons. The third-order valence-electron chi connectivity index (χ3n) is 9.22. The summed E-state index contributed by atoms with van der Waals surface area (Å²) in [6.07, 6.45) is 3.26. The van der Waals surface area contributed by atoms with E-state index in [-0.39, 0.29) is 30.4 Å². The first-order valence-electron chi connectivity index (χ1n) is 16.3. The van der Waals surface area contributed by atoms with Gasteiger partial charge in [-0.25, -0.2) is 0 Å². The van der Waals surface area contributed by atoms with Crippen LogP contribution in [0, 0.1) is 19.8 Å². The number of hydrogen-bond acceptors (Lipinski definition) is 6. The van der Waals surface area contributed by atoms with Gasteiger partial charge in [0.05, 0.1) is 12.0 Å². The molecule has 0 aliphatic heterocycles. The van der Waals surface area contributed by atoms with E-state index < -0.39 is 47.8 Å². The quantitative estimate of drug-likeness (QED) is 0.167. The Morgan fingerprint density at radius 1 is 0.851 bits per heavy atom. The van der Waals surface area contributed by atoms with Crippen LogP contribution in [0.1, 0.15) is 66.3 Å². The maximum atomic E-state index is 13.9. The monoisotopic (exact) mass is 641 g/mol. The summed E-state index contributed by atoms with van der Waals surface area (Å²) in [6, 6.07) is 18.6. The number of nitrogens with one attached hydrogen (secondary N) is 3. The Morgan fingerprint density at radius 2 is 1.45 bits per heavy atom. The SMILES string of the molecule is Cc1cc(O)cc(C)c1C[C@H](N)C(=O)N[C@@H]1CCCC[C@@H]1C(=O)N[C@@H](Cc1ccccc1)C(=O)N[C@@H](C(N)=O)[C@H](C)c1ccccc1. The molecule has 8 N–H and O–H groups in total. The molecule has 0 saturated heterocycles. The van der Waals surface area contributed by atoms with Gasteiger partial charge >= 0.3 is 0 Å². The molecular weight excluding hydrogens is 594 g/mol. The number of rotatable bonds is 13. The Bertz CT molecular complexity index is 1520. The first-order chi connectivity index (χ1) is 22.4. The van der Waals surface area contributed by atoms with Crippen molar-refractivity contribution < 1.29 is 24.3 Å². The first-order valence-corrected chi connectivity index (χ1v) is 16.3. The van der Waals surface area contributed by atoms with Crippen LogP contribution in [0.15, 0.2) is 72.8 Å². The van der Waals surface area contributed by atoms with Crippen LogP contribution in [0.25, 0.3) is 0 Å². The molecule has 4 rings (SSSR count). The second-order valence-electron chi connectivity index (χ2n) is 12.7. The van der Waals surface area contributed by atoms with Crippen molar-refractivity contribution >= 4 is 23.6 Å². The minimum absolute atomic E-state index is 0.160. The molecule has 1 aliphatic carbocycles. The molecule has 47 heavy (non-hydrogen) atoms. The number of carbonyl (C=O) groups is 4. The van der Waals surface area contributed by atoms with Crippen molar-refractivity contribution in [2.45, 2.75) is 89.4 Å². The van der Waals surface area contributed by atoms with E-state index >= 15 is 0 Å². The van der Waals surface area contributed by atoms with E-state index in [1.165, 1.54) is 0 Å². The molecule has 1 saturated carbocycles. The van der Waals surface area contributed by atoms with E-state index in [9.17, 15) is 24.3 Å². The van der Waals surface area contributed by atoms with Crippen molar-refractivity contribution in [2.75, 3.05) is 0 Å². The highest BCUT2D eigenvalue weighted by Crippen LogP contribution is 2.26. The minimum Gasteiger partial charge on any atom is -0.508 e. The Morgan fingerprint density at radius 3 is 2.06 bits per heavy atom. The predicted molar refractivity (Wildman–Crippen MR) is 181 cm³/mol. The highest BCUT2D eigenvalue weighted by molar-refractivity contribution is 5.93. The van der Waals surface area contributed by atoms with Gasteiger partial charge in [0.1, 0.15) is 17.8 Å². The number of phenolic OH excluding ortho intramolecular Hbond substituents is 1. The maximum absolute atomic E-state index is 13.9.